The van der Waals surface area contributed by atoms with Crippen molar-refractivity contribution in [3.05, 3.63) is 55.1 Å². The Bertz CT molecular complexity index is 402. The molecule has 0 unspecified atom stereocenters. The Hall–Kier alpha value is -2.03. The number of para-hydroxylation sites is 1. The molecule has 1 aromatic carbocycles. The lowest BCUT2D eigenvalue weighted by atomic mass is 10.2. The van der Waals surface area contributed by atoms with Gasteiger partial charge in [0.05, 0.1) is 0 Å². The lowest BCUT2D eigenvalue weighted by Gasteiger charge is -2.20. The molecule has 0 saturated carbocycles. The van der Waals surface area contributed by atoms with Crippen molar-refractivity contribution in [2.45, 2.75) is 6.92 Å². The fourth-order valence-corrected chi connectivity index (χ4v) is 1.46. The smallest absolute Gasteiger partial charge is 0.317 e. The largest absolute Gasteiger partial charge is 0.322 e. The molecule has 0 aromatic heterocycles. The first-order chi connectivity index (χ1) is 8.19. The summed E-state index contributed by atoms with van der Waals surface area (Å²) in [4.78, 5) is 13.6. The zero-order valence-corrected chi connectivity index (χ0v) is 10.1. The highest BCUT2D eigenvalue weighted by molar-refractivity contribution is 5.90. The van der Waals surface area contributed by atoms with Gasteiger partial charge in [-0.2, -0.15) is 0 Å². The van der Waals surface area contributed by atoms with Crippen molar-refractivity contribution >= 4 is 11.7 Å². The van der Waals surface area contributed by atoms with E-state index in [4.69, 9.17) is 0 Å². The number of rotatable bonds is 5. The quantitative estimate of drug-likeness (QED) is 0.774. The van der Waals surface area contributed by atoms with E-state index >= 15 is 0 Å². The van der Waals surface area contributed by atoms with E-state index in [9.17, 15) is 4.79 Å². The summed E-state index contributed by atoms with van der Waals surface area (Å²) in [6.07, 6.45) is 3.39. The van der Waals surface area contributed by atoms with Crippen molar-refractivity contribution in [3.8, 4) is 0 Å². The number of hydrogen-bond acceptors (Lipinski definition) is 1. The van der Waals surface area contributed by atoms with Gasteiger partial charge in [0.15, 0.2) is 0 Å². The summed E-state index contributed by atoms with van der Waals surface area (Å²) in [5, 5.41) is 2.87. The van der Waals surface area contributed by atoms with Crippen molar-refractivity contribution in [2.75, 3.05) is 18.4 Å². The Morgan fingerprint density at radius 3 is 2.41 bits per heavy atom. The molecule has 0 aliphatic rings. The molecular weight excluding hydrogens is 212 g/mol. The fraction of sp³-hybridized carbons (Fsp3) is 0.214. The zero-order chi connectivity index (χ0) is 12.7. The van der Waals surface area contributed by atoms with Crippen LogP contribution in [0.3, 0.4) is 0 Å². The maximum Gasteiger partial charge on any atom is 0.322 e. The number of nitrogens with one attached hydrogen (secondary N) is 1. The van der Waals surface area contributed by atoms with Crippen LogP contribution >= 0.6 is 0 Å². The summed E-state index contributed by atoms with van der Waals surface area (Å²) in [7, 11) is 0. The number of carbonyl (C=O) groups excluding carboxylic acids is 1. The minimum Gasteiger partial charge on any atom is -0.317 e. The summed E-state index contributed by atoms with van der Waals surface area (Å²) >= 11 is 0. The Kier molecular flexibility index (Phi) is 5.01. The van der Waals surface area contributed by atoms with E-state index in [-0.39, 0.29) is 6.03 Å². The van der Waals surface area contributed by atoms with Gasteiger partial charge in [-0.1, -0.05) is 30.4 Å². The minimum absolute atomic E-state index is 0.140. The maximum atomic E-state index is 12.0. The highest BCUT2D eigenvalue weighted by atomic mass is 16.2. The highest BCUT2D eigenvalue weighted by Gasteiger charge is 2.10. The molecule has 1 aromatic rings. The number of aryl methyl sites for hydroxylation is 1. The first-order valence-electron chi connectivity index (χ1n) is 5.52. The Balaban J connectivity index is 2.72. The number of benzene rings is 1. The van der Waals surface area contributed by atoms with Gasteiger partial charge < -0.3 is 10.2 Å². The number of hydrogen-bond donors (Lipinski definition) is 1. The van der Waals surface area contributed by atoms with Crippen molar-refractivity contribution in [2.24, 2.45) is 0 Å². The molecule has 3 nitrogen and oxygen atoms in total. The van der Waals surface area contributed by atoms with E-state index in [1.54, 1.807) is 17.1 Å². The average Bonchev–Trinajstić information content (AvgIpc) is 2.32. The van der Waals surface area contributed by atoms with E-state index in [2.05, 4.69) is 18.5 Å². The number of carbonyl (C=O) groups is 1. The van der Waals surface area contributed by atoms with Gasteiger partial charge in [0.25, 0.3) is 0 Å². The second-order valence-corrected chi connectivity index (χ2v) is 3.73. The van der Waals surface area contributed by atoms with E-state index in [0.717, 1.165) is 11.3 Å². The van der Waals surface area contributed by atoms with Gasteiger partial charge in [-0.05, 0) is 18.6 Å². The number of anilines is 1. The molecule has 0 saturated heterocycles. The predicted molar refractivity (Wildman–Crippen MR) is 72.2 cm³/mol. The van der Waals surface area contributed by atoms with Crippen LogP contribution in [0.15, 0.2) is 49.6 Å². The van der Waals surface area contributed by atoms with Crippen LogP contribution in [0.5, 0.6) is 0 Å². The Morgan fingerprint density at radius 2 is 1.88 bits per heavy atom. The highest BCUT2D eigenvalue weighted by Crippen LogP contribution is 2.13. The number of nitrogens with zero attached hydrogens (tertiary/aromatic N) is 1. The van der Waals surface area contributed by atoms with Gasteiger partial charge in [-0.25, -0.2) is 4.79 Å². The van der Waals surface area contributed by atoms with Gasteiger partial charge in [0.1, 0.15) is 0 Å². The van der Waals surface area contributed by atoms with Crippen LogP contribution in [0, 0.1) is 6.92 Å². The molecule has 3 heteroatoms. The SMILES string of the molecule is C=CCN(CC=C)C(=O)Nc1ccccc1C. The molecule has 0 aliphatic carbocycles. The number of urea groups is 1. The topological polar surface area (TPSA) is 32.3 Å². The van der Waals surface area contributed by atoms with Gasteiger partial charge in [0.2, 0.25) is 0 Å². The molecule has 17 heavy (non-hydrogen) atoms. The van der Waals surface area contributed by atoms with E-state index in [0.29, 0.717) is 13.1 Å². The molecule has 0 atom stereocenters. The van der Waals surface area contributed by atoms with Gasteiger partial charge in [-0.3, -0.25) is 0 Å². The maximum absolute atomic E-state index is 12.0. The molecule has 0 bridgehead atoms. The van der Waals surface area contributed by atoms with Crippen LogP contribution in [0.2, 0.25) is 0 Å². The third-order valence-corrected chi connectivity index (χ3v) is 2.37. The van der Waals surface area contributed by atoms with Crippen molar-refractivity contribution in [1.29, 1.82) is 0 Å². The van der Waals surface area contributed by atoms with E-state index in [1.165, 1.54) is 0 Å². The van der Waals surface area contributed by atoms with Crippen molar-refractivity contribution < 1.29 is 4.79 Å². The first kappa shape index (κ1) is 13.0. The second-order valence-electron chi connectivity index (χ2n) is 3.73. The van der Waals surface area contributed by atoms with Crippen LogP contribution in [-0.2, 0) is 0 Å². The summed E-state index contributed by atoms with van der Waals surface area (Å²) in [5.74, 6) is 0. The lowest BCUT2D eigenvalue weighted by molar-refractivity contribution is 0.222. The zero-order valence-electron chi connectivity index (χ0n) is 10.1. The molecule has 0 fully saturated rings. The average molecular weight is 230 g/mol. The molecule has 1 rings (SSSR count). The fourth-order valence-electron chi connectivity index (χ4n) is 1.46. The summed E-state index contributed by atoms with van der Waals surface area (Å²) in [5.41, 5.74) is 1.87. The summed E-state index contributed by atoms with van der Waals surface area (Å²) in [6, 6.07) is 7.54. The van der Waals surface area contributed by atoms with E-state index in [1.807, 2.05) is 31.2 Å². The normalized spacial score (nSPS) is 9.47. The summed E-state index contributed by atoms with van der Waals surface area (Å²) in [6.45, 7) is 10.2. The monoisotopic (exact) mass is 230 g/mol. The molecule has 0 radical (unpaired) electrons. The minimum atomic E-state index is -0.140. The molecular formula is C14H18N2O. The molecule has 0 heterocycles. The molecule has 90 valence electrons. The van der Waals surface area contributed by atoms with Crippen LogP contribution in [0.25, 0.3) is 0 Å². The molecule has 0 spiro atoms. The molecule has 1 N–H and O–H groups in total. The second kappa shape index (κ2) is 6.53. The third kappa shape index (κ3) is 3.79. The molecule has 0 aliphatic heterocycles. The van der Waals surface area contributed by atoms with Gasteiger partial charge >= 0.3 is 6.03 Å². The van der Waals surface area contributed by atoms with Gasteiger partial charge in [-0.15, -0.1) is 13.2 Å². The van der Waals surface area contributed by atoms with Crippen LogP contribution in [0.4, 0.5) is 10.5 Å². The van der Waals surface area contributed by atoms with Crippen LogP contribution in [-0.4, -0.2) is 24.0 Å². The standard InChI is InChI=1S/C14H18N2O/c1-4-10-16(11-5-2)14(17)15-13-9-7-6-8-12(13)3/h4-9H,1-2,10-11H2,3H3,(H,15,17). The van der Waals surface area contributed by atoms with Crippen molar-refractivity contribution in [3.63, 3.8) is 0 Å². The Morgan fingerprint density at radius 1 is 1.29 bits per heavy atom. The Labute approximate surface area is 102 Å². The first-order valence-corrected chi connectivity index (χ1v) is 5.52. The molecule has 2 amide bonds. The number of amides is 2. The van der Waals surface area contributed by atoms with E-state index < -0.39 is 0 Å². The lowest BCUT2D eigenvalue weighted by Crippen LogP contribution is -2.35. The van der Waals surface area contributed by atoms with Crippen LogP contribution < -0.4 is 5.32 Å². The van der Waals surface area contributed by atoms with Crippen molar-refractivity contribution in [1.82, 2.24) is 4.90 Å². The van der Waals surface area contributed by atoms with Gasteiger partial charge in [0, 0.05) is 18.8 Å². The predicted octanol–water partition coefficient (Wildman–Crippen LogP) is 3.20. The summed E-state index contributed by atoms with van der Waals surface area (Å²) < 4.78 is 0. The van der Waals surface area contributed by atoms with Crippen LogP contribution in [0.1, 0.15) is 5.56 Å². The third-order valence-electron chi connectivity index (χ3n) is 2.37.